The maximum absolute atomic E-state index is 6.05. The number of aryl methyl sites for hydroxylation is 1. The van der Waals surface area contributed by atoms with Gasteiger partial charge in [0, 0.05) is 17.1 Å². The van der Waals surface area contributed by atoms with E-state index in [4.69, 9.17) is 16.3 Å². The summed E-state index contributed by atoms with van der Waals surface area (Å²) in [4.78, 5) is 0. The number of rotatable bonds is 6. The molecule has 0 bridgehead atoms. The molecule has 2 rings (SSSR count). The van der Waals surface area contributed by atoms with Crippen molar-refractivity contribution in [1.29, 1.82) is 0 Å². The number of benzene rings is 2. The van der Waals surface area contributed by atoms with Crippen LogP contribution in [0, 0.1) is 0 Å². The molecule has 0 fully saturated rings. The summed E-state index contributed by atoms with van der Waals surface area (Å²) in [6, 6.07) is 14.0. The molecule has 1 N–H and O–H groups in total. The molecule has 2 aromatic rings. The molecular weight excluding hydrogens is 270 g/mol. The Kier molecular flexibility index (Phi) is 5.45. The van der Waals surface area contributed by atoms with Crippen LogP contribution in [-0.4, -0.2) is 7.05 Å². The zero-order chi connectivity index (χ0) is 14.4. The lowest BCUT2D eigenvalue weighted by Crippen LogP contribution is -2.06. The summed E-state index contributed by atoms with van der Waals surface area (Å²) < 4.78 is 5.95. The van der Waals surface area contributed by atoms with E-state index >= 15 is 0 Å². The van der Waals surface area contributed by atoms with Crippen molar-refractivity contribution in [2.24, 2.45) is 0 Å². The van der Waals surface area contributed by atoms with Gasteiger partial charge in [-0.15, -0.1) is 0 Å². The molecule has 0 saturated carbocycles. The van der Waals surface area contributed by atoms with Gasteiger partial charge in [-0.25, -0.2) is 0 Å². The Morgan fingerprint density at radius 1 is 1.10 bits per heavy atom. The third kappa shape index (κ3) is 3.99. The molecular formula is C17H20ClNO. The topological polar surface area (TPSA) is 21.3 Å². The van der Waals surface area contributed by atoms with Crippen molar-refractivity contribution in [2.45, 2.75) is 26.3 Å². The fourth-order valence-corrected chi connectivity index (χ4v) is 2.26. The van der Waals surface area contributed by atoms with E-state index in [0.717, 1.165) is 36.4 Å². The van der Waals surface area contributed by atoms with E-state index in [1.165, 1.54) is 5.56 Å². The highest BCUT2D eigenvalue weighted by molar-refractivity contribution is 6.30. The summed E-state index contributed by atoms with van der Waals surface area (Å²) >= 11 is 6.05. The summed E-state index contributed by atoms with van der Waals surface area (Å²) in [5.74, 6) is 1.64. The molecule has 0 spiro atoms. The van der Waals surface area contributed by atoms with E-state index in [9.17, 15) is 0 Å². The van der Waals surface area contributed by atoms with Crippen LogP contribution < -0.4 is 10.1 Å². The standard InChI is InChI=1S/C17H20ClNO/c1-3-4-13-5-9-16(10-6-13)20-17-11-15(18)8-7-14(17)12-19-2/h5-11,19H,3-4,12H2,1-2H3. The van der Waals surface area contributed by atoms with Crippen LogP contribution in [0.2, 0.25) is 5.02 Å². The van der Waals surface area contributed by atoms with Crippen LogP contribution in [0.4, 0.5) is 0 Å². The SMILES string of the molecule is CCCc1ccc(Oc2cc(Cl)ccc2CNC)cc1. The maximum atomic E-state index is 6.05. The van der Waals surface area contributed by atoms with Crippen LogP contribution in [-0.2, 0) is 13.0 Å². The molecule has 2 nitrogen and oxygen atoms in total. The van der Waals surface area contributed by atoms with Gasteiger partial charge in [0.1, 0.15) is 11.5 Å². The number of halogens is 1. The van der Waals surface area contributed by atoms with Crippen molar-refractivity contribution in [3.05, 3.63) is 58.6 Å². The Bertz CT molecular complexity index is 551. The van der Waals surface area contributed by atoms with Gasteiger partial charge in [0.2, 0.25) is 0 Å². The van der Waals surface area contributed by atoms with Crippen molar-refractivity contribution in [3.8, 4) is 11.5 Å². The summed E-state index contributed by atoms with van der Waals surface area (Å²) in [6.07, 6.45) is 2.25. The van der Waals surface area contributed by atoms with E-state index in [-0.39, 0.29) is 0 Å². The van der Waals surface area contributed by atoms with Gasteiger partial charge in [-0.2, -0.15) is 0 Å². The number of hydrogen-bond donors (Lipinski definition) is 1. The Hall–Kier alpha value is -1.51. The second-order valence-corrected chi connectivity index (χ2v) is 5.21. The number of ether oxygens (including phenoxy) is 1. The third-order valence-electron chi connectivity index (χ3n) is 3.09. The Morgan fingerprint density at radius 3 is 2.50 bits per heavy atom. The van der Waals surface area contributed by atoms with E-state index in [0.29, 0.717) is 5.02 Å². The normalized spacial score (nSPS) is 10.6. The highest BCUT2D eigenvalue weighted by Crippen LogP contribution is 2.28. The molecule has 0 atom stereocenters. The summed E-state index contributed by atoms with van der Waals surface area (Å²) in [6.45, 7) is 2.93. The largest absolute Gasteiger partial charge is 0.457 e. The predicted molar refractivity (Wildman–Crippen MR) is 84.7 cm³/mol. The smallest absolute Gasteiger partial charge is 0.133 e. The van der Waals surface area contributed by atoms with Crippen LogP contribution in [0.1, 0.15) is 24.5 Å². The quantitative estimate of drug-likeness (QED) is 0.824. The Balaban J connectivity index is 2.18. The minimum atomic E-state index is 0.683. The highest BCUT2D eigenvalue weighted by Gasteiger charge is 2.06. The van der Waals surface area contributed by atoms with Gasteiger partial charge < -0.3 is 10.1 Å². The molecule has 0 unspecified atom stereocenters. The summed E-state index contributed by atoms with van der Waals surface area (Å²) in [5, 5.41) is 3.82. The Morgan fingerprint density at radius 2 is 1.85 bits per heavy atom. The van der Waals surface area contributed by atoms with Crippen LogP contribution >= 0.6 is 11.6 Å². The van der Waals surface area contributed by atoms with E-state index in [1.54, 1.807) is 0 Å². The lowest BCUT2D eigenvalue weighted by molar-refractivity contribution is 0.474. The first-order valence-corrected chi connectivity index (χ1v) is 7.30. The second kappa shape index (κ2) is 7.32. The second-order valence-electron chi connectivity index (χ2n) is 4.78. The predicted octanol–water partition coefficient (Wildman–Crippen LogP) is 4.80. The average Bonchev–Trinajstić information content (AvgIpc) is 2.44. The van der Waals surface area contributed by atoms with Gasteiger partial charge in [-0.05, 0) is 43.3 Å². The lowest BCUT2D eigenvalue weighted by atomic mass is 10.1. The number of nitrogens with one attached hydrogen (secondary N) is 1. The molecule has 0 aliphatic heterocycles. The van der Waals surface area contributed by atoms with Crippen LogP contribution in [0.3, 0.4) is 0 Å². The van der Waals surface area contributed by atoms with Crippen LogP contribution in [0.25, 0.3) is 0 Å². The molecule has 3 heteroatoms. The summed E-state index contributed by atoms with van der Waals surface area (Å²) in [5.41, 5.74) is 2.43. The third-order valence-corrected chi connectivity index (χ3v) is 3.32. The zero-order valence-electron chi connectivity index (χ0n) is 11.9. The van der Waals surface area contributed by atoms with Gasteiger partial charge in [-0.3, -0.25) is 0 Å². The summed E-state index contributed by atoms with van der Waals surface area (Å²) in [7, 11) is 1.91. The van der Waals surface area contributed by atoms with E-state index in [2.05, 4.69) is 24.4 Å². The fourth-order valence-electron chi connectivity index (χ4n) is 2.10. The first-order valence-electron chi connectivity index (χ1n) is 6.92. The van der Waals surface area contributed by atoms with Gasteiger partial charge in [0.25, 0.3) is 0 Å². The molecule has 0 amide bonds. The fraction of sp³-hybridized carbons (Fsp3) is 0.294. The number of hydrogen-bond acceptors (Lipinski definition) is 2. The minimum absolute atomic E-state index is 0.683. The average molecular weight is 290 g/mol. The molecule has 0 aliphatic rings. The zero-order valence-corrected chi connectivity index (χ0v) is 12.7. The first kappa shape index (κ1) is 14.9. The van der Waals surface area contributed by atoms with Crippen molar-refractivity contribution < 1.29 is 4.74 Å². The highest BCUT2D eigenvalue weighted by atomic mass is 35.5. The van der Waals surface area contributed by atoms with Crippen molar-refractivity contribution in [3.63, 3.8) is 0 Å². The molecule has 0 heterocycles. The van der Waals surface area contributed by atoms with Gasteiger partial charge in [0.05, 0.1) is 0 Å². The van der Waals surface area contributed by atoms with Crippen LogP contribution in [0.15, 0.2) is 42.5 Å². The van der Waals surface area contributed by atoms with Crippen molar-refractivity contribution >= 4 is 11.6 Å². The minimum Gasteiger partial charge on any atom is -0.457 e. The van der Waals surface area contributed by atoms with E-state index in [1.807, 2.05) is 37.4 Å². The van der Waals surface area contributed by atoms with Crippen molar-refractivity contribution in [2.75, 3.05) is 7.05 Å². The maximum Gasteiger partial charge on any atom is 0.133 e. The first-order chi connectivity index (χ1) is 9.72. The molecule has 0 aromatic heterocycles. The lowest BCUT2D eigenvalue weighted by Gasteiger charge is -2.12. The van der Waals surface area contributed by atoms with Gasteiger partial charge >= 0.3 is 0 Å². The van der Waals surface area contributed by atoms with Crippen molar-refractivity contribution in [1.82, 2.24) is 5.32 Å². The van der Waals surface area contributed by atoms with Crippen LogP contribution in [0.5, 0.6) is 11.5 Å². The van der Waals surface area contributed by atoms with E-state index < -0.39 is 0 Å². The molecule has 0 radical (unpaired) electrons. The molecule has 106 valence electrons. The Labute approximate surface area is 125 Å². The van der Waals surface area contributed by atoms with Gasteiger partial charge in [0.15, 0.2) is 0 Å². The molecule has 2 aromatic carbocycles. The van der Waals surface area contributed by atoms with Gasteiger partial charge in [-0.1, -0.05) is 43.1 Å². The monoisotopic (exact) mass is 289 g/mol. The molecule has 20 heavy (non-hydrogen) atoms. The molecule has 0 aliphatic carbocycles. The molecule has 0 saturated heterocycles.